The van der Waals surface area contributed by atoms with Crippen molar-refractivity contribution in [2.45, 2.75) is 6.42 Å². The van der Waals surface area contributed by atoms with Gasteiger partial charge in [-0.25, -0.2) is 0 Å². The third-order valence-corrected chi connectivity index (χ3v) is 1.21. The lowest BCUT2D eigenvalue weighted by atomic mass is 10.3. The normalized spacial score (nSPS) is 10.5. The molecule has 0 aliphatic heterocycles. The van der Waals surface area contributed by atoms with E-state index in [-0.39, 0.29) is 0 Å². The van der Waals surface area contributed by atoms with Crippen molar-refractivity contribution in [2.75, 3.05) is 7.05 Å². The van der Waals surface area contributed by atoms with E-state index in [1.807, 2.05) is 24.4 Å². The number of hydrogen-bond acceptors (Lipinski definition) is 2. The van der Waals surface area contributed by atoms with Crippen LogP contribution >= 0.6 is 0 Å². The second kappa shape index (κ2) is 3.77. The lowest BCUT2D eigenvalue weighted by Gasteiger charge is -1.90. The van der Waals surface area contributed by atoms with E-state index >= 15 is 0 Å². The smallest absolute Gasteiger partial charge is 0.0456 e. The van der Waals surface area contributed by atoms with Crippen molar-refractivity contribution in [3.63, 3.8) is 0 Å². The van der Waals surface area contributed by atoms with Gasteiger partial charge in [-0.1, -0.05) is 6.07 Å². The fraction of sp³-hybridized carbons (Fsp3) is 0.250. The van der Waals surface area contributed by atoms with Gasteiger partial charge in [0.1, 0.15) is 0 Å². The predicted molar refractivity (Wildman–Crippen MR) is 42.4 cm³/mol. The van der Waals surface area contributed by atoms with E-state index in [4.69, 9.17) is 0 Å². The summed E-state index contributed by atoms with van der Waals surface area (Å²) in [6, 6.07) is 5.88. The minimum atomic E-state index is 0.831. The Labute approximate surface area is 60.6 Å². The summed E-state index contributed by atoms with van der Waals surface area (Å²) in [5, 5.41) is 0. The van der Waals surface area contributed by atoms with Gasteiger partial charge >= 0.3 is 0 Å². The minimum Gasteiger partial charge on any atom is -0.300 e. The second-order valence-electron chi connectivity index (χ2n) is 1.97. The van der Waals surface area contributed by atoms with Crippen LogP contribution in [-0.2, 0) is 6.42 Å². The van der Waals surface area contributed by atoms with Crippen LogP contribution in [0.1, 0.15) is 5.69 Å². The van der Waals surface area contributed by atoms with Gasteiger partial charge in [0.05, 0.1) is 0 Å². The van der Waals surface area contributed by atoms with Crippen LogP contribution in [0.15, 0.2) is 29.4 Å². The maximum atomic E-state index is 4.12. The number of pyridine rings is 1. The van der Waals surface area contributed by atoms with E-state index in [1.54, 1.807) is 13.2 Å². The maximum absolute atomic E-state index is 4.12. The van der Waals surface area contributed by atoms with Gasteiger partial charge in [-0.3, -0.25) is 4.98 Å². The monoisotopic (exact) mass is 134 g/mol. The molecule has 2 nitrogen and oxygen atoms in total. The molecule has 0 N–H and O–H groups in total. The summed E-state index contributed by atoms with van der Waals surface area (Å²) in [6.45, 7) is 0. The molecule has 0 atom stereocenters. The molecule has 2 heteroatoms. The van der Waals surface area contributed by atoms with E-state index < -0.39 is 0 Å². The largest absolute Gasteiger partial charge is 0.300 e. The first-order chi connectivity index (χ1) is 4.93. The second-order valence-corrected chi connectivity index (χ2v) is 1.97. The van der Waals surface area contributed by atoms with Crippen molar-refractivity contribution < 1.29 is 0 Å². The van der Waals surface area contributed by atoms with E-state index in [1.165, 1.54) is 0 Å². The lowest BCUT2D eigenvalue weighted by Crippen LogP contribution is -1.88. The van der Waals surface area contributed by atoms with Gasteiger partial charge in [-0.05, 0) is 12.1 Å². The van der Waals surface area contributed by atoms with Gasteiger partial charge in [0.15, 0.2) is 0 Å². The predicted octanol–water partition coefficient (Wildman–Crippen LogP) is 1.32. The number of aliphatic imine (C=N–C) groups is 1. The zero-order valence-electron chi connectivity index (χ0n) is 5.99. The molecule has 0 radical (unpaired) electrons. The molecule has 0 saturated heterocycles. The highest BCUT2D eigenvalue weighted by atomic mass is 14.7. The molecule has 10 heavy (non-hydrogen) atoms. The third-order valence-electron chi connectivity index (χ3n) is 1.21. The maximum Gasteiger partial charge on any atom is 0.0456 e. The van der Waals surface area contributed by atoms with Crippen LogP contribution in [0.4, 0.5) is 0 Å². The van der Waals surface area contributed by atoms with Crippen molar-refractivity contribution >= 4 is 6.21 Å². The summed E-state index contributed by atoms with van der Waals surface area (Å²) >= 11 is 0. The molecule has 0 bridgehead atoms. The zero-order valence-corrected chi connectivity index (χ0v) is 5.99. The topological polar surface area (TPSA) is 25.2 Å². The molecular weight excluding hydrogens is 124 g/mol. The molecule has 1 aromatic heterocycles. The van der Waals surface area contributed by atoms with Gasteiger partial charge in [0.2, 0.25) is 0 Å². The number of rotatable bonds is 2. The van der Waals surface area contributed by atoms with Crippen LogP contribution in [0.2, 0.25) is 0 Å². The molecule has 0 amide bonds. The van der Waals surface area contributed by atoms with Crippen LogP contribution < -0.4 is 0 Å². The van der Waals surface area contributed by atoms with E-state index in [9.17, 15) is 0 Å². The standard InChI is InChI=1S/C8H10N2/c1-9-7-5-8-4-2-3-6-10-8/h2-4,6-7H,5H2,1H3/b9-7-. The zero-order chi connectivity index (χ0) is 7.23. The molecule has 0 fully saturated rings. The van der Waals surface area contributed by atoms with E-state index in [0.29, 0.717) is 0 Å². The summed E-state index contributed by atoms with van der Waals surface area (Å²) in [6.07, 6.45) is 4.47. The molecule has 0 spiro atoms. The third kappa shape index (κ3) is 1.97. The first kappa shape index (κ1) is 6.93. The molecule has 52 valence electrons. The Morgan fingerprint density at radius 1 is 1.60 bits per heavy atom. The number of nitrogens with zero attached hydrogens (tertiary/aromatic N) is 2. The van der Waals surface area contributed by atoms with Crippen LogP contribution in [-0.4, -0.2) is 18.2 Å². The Morgan fingerprint density at radius 3 is 3.10 bits per heavy atom. The van der Waals surface area contributed by atoms with Gasteiger partial charge in [0.25, 0.3) is 0 Å². The average Bonchev–Trinajstić information content (AvgIpc) is 2.03. The highest BCUT2D eigenvalue weighted by Crippen LogP contribution is 1.91. The van der Waals surface area contributed by atoms with Gasteiger partial charge < -0.3 is 4.99 Å². The summed E-state index contributed by atoms with van der Waals surface area (Å²) in [4.78, 5) is 7.99. The van der Waals surface area contributed by atoms with Crippen molar-refractivity contribution in [1.29, 1.82) is 0 Å². The van der Waals surface area contributed by atoms with Crippen molar-refractivity contribution in [2.24, 2.45) is 4.99 Å². The summed E-state index contributed by atoms with van der Waals surface area (Å²) in [5.41, 5.74) is 1.06. The minimum absolute atomic E-state index is 0.831. The number of aromatic nitrogens is 1. The Kier molecular flexibility index (Phi) is 2.62. The first-order valence-electron chi connectivity index (χ1n) is 3.24. The molecule has 0 unspecified atom stereocenters. The van der Waals surface area contributed by atoms with Crippen LogP contribution in [0.25, 0.3) is 0 Å². The van der Waals surface area contributed by atoms with Crippen LogP contribution in [0, 0.1) is 0 Å². The van der Waals surface area contributed by atoms with Gasteiger partial charge in [-0.2, -0.15) is 0 Å². The summed E-state index contributed by atoms with van der Waals surface area (Å²) < 4.78 is 0. The van der Waals surface area contributed by atoms with Crippen LogP contribution in [0.5, 0.6) is 0 Å². The fourth-order valence-electron chi connectivity index (χ4n) is 0.704. The van der Waals surface area contributed by atoms with Crippen molar-refractivity contribution in [1.82, 2.24) is 4.98 Å². The van der Waals surface area contributed by atoms with Crippen LogP contribution in [0.3, 0.4) is 0 Å². The first-order valence-corrected chi connectivity index (χ1v) is 3.24. The molecule has 1 rings (SSSR count). The van der Waals surface area contributed by atoms with E-state index in [2.05, 4.69) is 9.98 Å². The molecule has 0 aromatic carbocycles. The summed E-state index contributed by atoms with van der Waals surface area (Å²) in [7, 11) is 1.77. The Morgan fingerprint density at radius 2 is 2.50 bits per heavy atom. The van der Waals surface area contributed by atoms with Gasteiger partial charge in [-0.15, -0.1) is 0 Å². The summed E-state index contributed by atoms with van der Waals surface area (Å²) in [5.74, 6) is 0. The molecule has 1 heterocycles. The molecular formula is C8H10N2. The Hall–Kier alpha value is -1.18. The average molecular weight is 134 g/mol. The van der Waals surface area contributed by atoms with E-state index in [0.717, 1.165) is 12.1 Å². The molecule has 1 aromatic rings. The van der Waals surface area contributed by atoms with Crippen molar-refractivity contribution in [3.8, 4) is 0 Å². The number of hydrogen-bond donors (Lipinski definition) is 0. The Bertz CT molecular complexity index is 204. The fourth-order valence-corrected chi connectivity index (χ4v) is 0.704. The molecule has 0 saturated carbocycles. The van der Waals surface area contributed by atoms with Gasteiger partial charge in [0, 0.05) is 31.6 Å². The highest BCUT2D eigenvalue weighted by molar-refractivity contribution is 5.60. The Balaban J connectivity index is 2.59. The van der Waals surface area contributed by atoms with Crippen molar-refractivity contribution in [3.05, 3.63) is 30.1 Å². The molecule has 0 aliphatic rings. The SMILES string of the molecule is C/N=C\Cc1ccccn1. The quantitative estimate of drug-likeness (QED) is 0.560. The molecule has 0 aliphatic carbocycles. The highest BCUT2D eigenvalue weighted by Gasteiger charge is 1.85. The lowest BCUT2D eigenvalue weighted by molar-refractivity contribution is 1.15.